The topological polar surface area (TPSA) is 76.5 Å². The minimum Gasteiger partial charge on any atom is -0.362 e. The van der Waals surface area contributed by atoms with Gasteiger partial charge in [-0.1, -0.05) is 12.8 Å². The molecule has 7 nitrogen and oxygen atoms in total. The highest BCUT2D eigenvalue weighted by Gasteiger charge is 2.18. The van der Waals surface area contributed by atoms with Gasteiger partial charge in [0.2, 0.25) is 0 Å². The number of methoxy groups -OCH3 is 1. The normalized spacial score (nSPS) is 12.2. The van der Waals surface area contributed by atoms with Crippen molar-refractivity contribution in [3.05, 3.63) is 12.3 Å². The standard InChI is InChI=1S/C8H16N4O3S2/c1-11(16)6-5-10-17(13,14)8-3-4-9-12(8)7-15-2/h3-4,10,16H,5-7H2,1-2H3. The van der Waals surface area contributed by atoms with Crippen LogP contribution >= 0.6 is 12.8 Å². The molecule has 9 heteroatoms. The molecule has 1 aromatic heterocycles. The van der Waals surface area contributed by atoms with Gasteiger partial charge in [-0.25, -0.2) is 17.8 Å². The first-order chi connectivity index (χ1) is 7.97. The van der Waals surface area contributed by atoms with Crippen molar-refractivity contribution in [2.75, 3.05) is 27.2 Å². The molecule has 0 aliphatic rings. The molecular weight excluding hydrogens is 264 g/mol. The molecule has 1 rings (SSSR count). The molecule has 98 valence electrons. The third-order valence-electron chi connectivity index (χ3n) is 1.93. The van der Waals surface area contributed by atoms with Crippen LogP contribution in [0.15, 0.2) is 17.3 Å². The Kier molecular flexibility index (Phi) is 5.40. The van der Waals surface area contributed by atoms with E-state index in [0.29, 0.717) is 6.54 Å². The van der Waals surface area contributed by atoms with Gasteiger partial charge in [-0.05, 0) is 13.1 Å². The Labute approximate surface area is 106 Å². The van der Waals surface area contributed by atoms with Crippen molar-refractivity contribution >= 4 is 22.8 Å². The predicted octanol–water partition coefficient (Wildman–Crippen LogP) is -0.458. The third kappa shape index (κ3) is 4.28. The number of likely N-dealkylation sites (N-methyl/N-ethyl adjacent to an activating group) is 1. The van der Waals surface area contributed by atoms with Crippen molar-refractivity contribution in [2.24, 2.45) is 0 Å². The Bertz CT molecular complexity index is 443. The fourth-order valence-electron chi connectivity index (χ4n) is 1.18. The van der Waals surface area contributed by atoms with E-state index in [1.54, 1.807) is 11.4 Å². The van der Waals surface area contributed by atoms with Gasteiger partial charge in [0.15, 0.2) is 5.03 Å². The van der Waals surface area contributed by atoms with E-state index in [1.165, 1.54) is 24.1 Å². The van der Waals surface area contributed by atoms with E-state index in [0.717, 1.165) is 0 Å². The lowest BCUT2D eigenvalue weighted by Gasteiger charge is -2.11. The molecule has 0 fully saturated rings. The maximum absolute atomic E-state index is 11.9. The number of nitrogens with one attached hydrogen (secondary N) is 1. The number of hydrogen-bond acceptors (Lipinski definition) is 6. The van der Waals surface area contributed by atoms with Crippen LogP contribution < -0.4 is 4.72 Å². The lowest BCUT2D eigenvalue weighted by molar-refractivity contribution is 0.112. The summed E-state index contributed by atoms with van der Waals surface area (Å²) in [5, 5.41) is 3.95. The summed E-state index contributed by atoms with van der Waals surface area (Å²) in [6.07, 6.45) is 1.41. The minimum absolute atomic E-state index is 0.0844. The van der Waals surface area contributed by atoms with Gasteiger partial charge in [-0.3, -0.25) is 4.31 Å². The summed E-state index contributed by atoms with van der Waals surface area (Å²) in [6, 6.07) is 1.42. The zero-order valence-corrected chi connectivity index (χ0v) is 11.4. The molecule has 0 aliphatic heterocycles. The number of rotatable bonds is 7. The van der Waals surface area contributed by atoms with Gasteiger partial charge in [0.05, 0.1) is 6.20 Å². The van der Waals surface area contributed by atoms with Gasteiger partial charge in [0.25, 0.3) is 10.0 Å². The van der Waals surface area contributed by atoms with Crippen LogP contribution in [-0.4, -0.2) is 49.8 Å². The number of nitrogens with zero attached hydrogens (tertiary/aromatic N) is 3. The fourth-order valence-corrected chi connectivity index (χ4v) is 2.41. The molecule has 17 heavy (non-hydrogen) atoms. The Hall–Kier alpha value is -0.610. The zero-order valence-electron chi connectivity index (χ0n) is 9.70. The second-order valence-corrected chi connectivity index (χ2v) is 5.76. The number of hydrogen-bond donors (Lipinski definition) is 2. The zero-order chi connectivity index (χ0) is 12.9. The minimum atomic E-state index is -3.56. The summed E-state index contributed by atoms with van der Waals surface area (Å²) in [5.41, 5.74) is 0. The van der Waals surface area contributed by atoms with Gasteiger partial charge < -0.3 is 4.74 Å². The van der Waals surface area contributed by atoms with E-state index in [9.17, 15) is 8.42 Å². The summed E-state index contributed by atoms with van der Waals surface area (Å²) in [7, 11) is -0.339. The lowest BCUT2D eigenvalue weighted by atomic mass is 10.7. The van der Waals surface area contributed by atoms with Crippen LogP contribution in [0.25, 0.3) is 0 Å². The highest BCUT2D eigenvalue weighted by atomic mass is 32.2. The molecule has 0 unspecified atom stereocenters. The highest BCUT2D eigenvalue weighted by Crippen LogP contribution is 2.07. The maximum Gasteiger partial charge on any atom is 0.257 e. The van der Waals surface area contributed by atoms with Crippen LogP contribution in [0.1, 0.15) is 0 Å². The summed E-state index contributed by atoms with van der Waals surface area (Å²) in [6.45, 7) is 0.872. The number of thiol groups is 1. The summed E-state index contributed by atoms with van der Waals surface area (Å²) >= 11 is 4.02. The van der Waals surface area contributed by atoms with Gasteiger partial charge in [0.1, 0.15) is 6.73 Å². The number of aromatic nitrogens is 2. The van der Waals surface area contributed by atoms with E-state index >= 15 is 0 Å². The molecule has 0 atom stereocenters. The van der Waals surface area contributed by atoms with Gasteiger partial charge >= 0.3 is 0 Å². The summed E-state index contributed by atoms with van der Waals surface area (Å²) in [4.78, 5) is 0. The third-order valence-corrected chi connectivity index (χ3v) is 3.61. The molecule has 0 bridgehead atoms. The average Bonchev–Trinajstić information content (AvgIpc) is 2.66. The fraction of sp³-hybridized carbons (Fsp3) is 0.625. The van der Waals surface area contributed by atoms with E-state index in [4.69, 9.17) is 4.74 Å². The van der Waals surface area contributed by atoms with E-state index in [-0.39, 0.29) is 18.3 Å². The SMILES string of the molecule is COCn1nccc1S(=O)(=O)NCCN(C)S. The molecule has 0 saturated heterocycles. The molecule has 0 aromatic carbocycles. The van der Waals surface area contributed by atoms with Gasteiger partial charge in [-0.2, -0.15) is 5.10 Å². The van der Waals surface area contributed by atoms with E-state index < -0.39 is 10.0 Å². The number of sulfonamides is 1. The van der Waals surface area contributed by atoms with Crippen molar-refractivity contribution in [1.82, 2.24) is 18.8 Å². The Morgan fingerprint density at radius 3 is 2.94 bits per heavy atom. The highest BCUT2D eigenvalue weighted by molar-refractivity contribution is 7.89. The molecule has 0 spiro atoms. The predicted molar refractivity (Wildman–Crippen MR) is 66.0 cm³/mol. The smallest absolute Gasteiger partial charge is 0.257 e. The molecule has 0 saturated carbocycles. The van der Waals surface area contributed by atoms with Crippen LogP contribution in [0, 0.1) is 0 Å². The molecule has 1 N–H and O–H groups in total. The van der Waals surface area contributed by atoms with E-state index in [1.807, 2.05) is 0 Å². The Balaban J connectivity index is 2.72. The summed E-state index contributed by atoms with van der Waals surface area (Å²) in [5.74, 6) is 0. The monoisotopic (exact) mass is 280 g/mol. The first kappa shape index (κ1) is 14.5. The Morgan fingerprint density at radius 2 is 2.35 bits per heavy atom. The molecule has 0 amide bonds. The molecule has 0 aliphatic carbocycles. The number of ether oxygens (including phenoxy) is 1. The second kappa shape index (κ2) is 6.36. The van der Waals surface area contributed by atoms with Crippen molar-refractivity contribution < 1.29 is 13.2 Å². The van der Waals surface area contributed by atoms with Crippen LogP contribution in [0.3, 0.4) is 0 Å². The average molecular weight is 280 g/mol. The van der Waals surface area contributed by atoms with Crippen LogP contribution in [0.2, 0.25) is 0 Å². The van der Waals surface area contributed by atoms with Crippen LogP contribution in [0.4, 0.5) is 0 Å². The largest absolute Gasteiger partial charge is 0.362 e. The van der Waals surface area contributed by atoms with Crippen molar-refractivity contribution in [3.8, 4) is 0 Å². The molecule has 1 aromatic rings. The van der Waals surface area contributed by atoms with Crippen molar-refractivity contribution in [1.29, 1.82) is 0 Å². The lowest BCUT2D eigenvalue weighted by Crippen LogP contribution is -2.31. The van der Waals surface area contributed by atoms with Gasteiger partial charge in [0, 0.05) is 20.2 Å². The molecule has 1 heterocycles. The van der Waals surface area contributed by atoms with Crippen molar-refractivity contribution in [2.45, 2.75) is 11.8 Å². The van der Waals surface area contributed by atoms with Gasteiger partial charge in [-0.15, -0.1) is 0 Å². The first-order valence-electron chi connectivity index (χ1n) is 4.88. The quantitative estimate of drug-likeness (QED) is 0.661. The van der Waals surface area contributed by atoms with E-state index in [2.05, 4.69) is 22.6 Å². The van der Waals surface area contributed by atoms with Crippen LogP contribution in [0.5, 0.6) is 0 Å². The van der Waals surface area contributed by atoms with Crippen molar-refractivity contribution in [3.63, 3.8) is 0 Å². The van der Waals surface area contributed by atoms with Crippen LogP contribution in [-0.2, 0) is 21.5 Å². The molecule has 0 radical (unpaired) electrons. The Morgan fingerprint density at radius 1 is 1.65 bits per heavy atom. The summed E-state index contributed by atoms with van der Waals surface area (Å²) < 4.78 is 34.0. The second-order valence-electron chi connectivity index (χ2n) is 3.37. The molecular formula is C8H16N4O3S2. The maximum atomic E-state index is 11.9. The first-order valence-corrected chi connectivity index (χ1v) is 6.76.